The minimum absolute atomic E-state index is 0.0680. The van der Waals surface area contributed by atoms with E-state index in [1.807, 2.05) is 5.32 Å². The summed E-state index contributed by atoms with van der Waals surface area (Å²) in [5.41, 5.74) is 0. The van der Waals surface area contributed by atoms with Crippen LogP contribution in [0, 0.1) is 0 Å². The fourth-order valence-electron chi connectivity index (χ4n) is 1.51. The molecule has 1 unspecified atom stereocenters. The fourth-order valence-corrected chi connectivity index (χ4v) is 1.51. The standard InChI is InChI=1S/C9H14N4O5/c1-10-9(18)12-7(15)4-13-3-6(14)11-2-5(13)8(16)17/h5H,2-4H2,1H3,(H,11,14)(H,16,17)(H2,10,12,15,18). The third-order valence-electron chi connectivity index (χ3n) is 2.39. The van der Waals surface area contributed by atoms with Gasteiger partial charge in [0.25, 0.3) is 0 Å². The molecule has 1 fully saturated rings. The number of amides is 4. The van der Waals surface area contributed by atoms with Crippen molar-refractivity contribution in [2.45, 2.75) is 6.04 Å². The van der Waals surface area contributed by atoms with Crippen LogP contribution in [-0.2, 0) is 14.4 Å². The van der Waals surface area contributed by atoms with Gasteiger partial charge < -0.3 is 15.7 Å². The number of urea groups is 1. The van der Waals surface area contributed by atoms with Gasteiger partial charge in [-0.1, -0.05) is 0 Å². The number of carbonyl (C=O) groups is 4. The lowest BCUT2D eigenvalue weighted by Crippen LogP contribution is -2.59. The topological polar surface area (TPSA) is 128 Å². The number of carboxylic acids is 1. The maximum absolute atomic E-state index is 11.4. The zero-order chi connectivity index (χ0) is 13.7. The molecule has 1 heterocycles. The summed E-state index contributed by atoms with van der Waals surface area (Å²) >= 11 is 0. The van der Waals surface area contributed by atoms with Crippen LogP contribution < -0.4 is 16.0 Å². The summed E-state index contributed by atoms with van der Waals surface area (Å²) in [5, 5.41) is 15.5. The van der Waals surface area contributed by atoms with Gasteiger partial charge in [0.1, 0.15) is 6.04 Å². The van der Waals surface area contributed by atoms with Gasteiger partial charge in [0.15, 0.2) is 0 Å². The molecule has 0 aliphatic carbocycles. The number of rotatable bonds is 3. The second-order valence-corrected chi connectivity index (χ2v) is 3.69. The first kappa shape index (κ1) is 13.9. The van der Waals surface area contributed by atoms with Crippen LogP contribution in [0.2, 0.25) is 0 Å². The van der Waals surface area contributed by atoms with Crippen LogP contribution in [0.4, 0.5) is 4.79 Å². The van der Waals surface area contributed by atoms with Crippen LogP contribution in [0.25, 0.3) is 0 Å². The van der Waals surface area contributed by atoms with Crippen molar-refractivity contribution in [3.8, 4) is 0 Å². The smallest absolute Gasteiger partial charge is 0.322 e. The van der Waals surface area contributed by atoms with Crippen molar-refractivity contribution in [1.82, 2.24) is 20.9 Å². The Morgan fingerprint density at radius 1 is 1.50 bits per heavy atom. The van der Waals surface area contributed by atoms with Gasteiger partial charge in [0, 0.05) is 13.6 Å². The summed E-state index contributed by atoms with van der Waals surface area (Å²) in [4.78, 5) is 45.6. The van der Waals surface area contributed by atoms with Gasteiger partial charge in [-0.2, -0.15) is 0 Å². The molecule has 0 radical (unpaired) electrons. The van der Waals surface area contributed by atoms with Crippen molar-refractivity contribution in [3.63, 3.8) is 0 Å². The Kier molecular flexibility index (Phi) is 4.60. The van der Waals surface area contributed by atoms with Gasteiger partial charge >= 0.3 is 12.0 Å². The minimum Gasteiger partial charge on any atom is -0.480 e. The van der Waals surface area contributed by atoms with E-state index in [1.165, 1.54) is 11.9 Å². The van der Waals surface area contributed by atoms with Crippen molar-refractivity contribution < 1.29 is 24.3 Å². The highest BCUT2D eigenvalue weighted by Gasteiger charge is 2.33. The number of piperazine rings is 1. The molecule has 9 nitrogen and oxygen atoms in total. The van der Waals surface area contributed by atoms with Crippen LogP contribution in [0.15, 0.2) is 0 Å². The van der Waals surface area contributed by atoms with E-state index in [-0.39, 0.29) is 25.5 Å². The Labute approximate surface area is 103 Å². The number of nitrogens with zero attached hydrogens (tertiary/aromatic N) is 1. The van der Waals surface area contributed by atoms with E-state index >= 15 is 0 Å². The van der Waals surface area contributed by atoms with E-state index in [4.69, 9.17) is 5.11 Å². The zero-order valence-corrected chi connectivity index (χ0v) is 9.73. The third kappa shape index (κ3) is 3.70. The molecule has 1 aliphatic heterocycles. The van der Waals surface area contributed by atoms with Gasteiger partial charge in [0.2, 0.25) is 11.8 Å². The monoisotopic (exact) mass is 258 g/mol. The van der Waals surface area contributed by atoms with Crippen molar-refractivity contribution in [1.29, 1.82) is 0 Å². The summed E-state index contributed by atoms with van der Waals surface area (Å²) in [6, 6.07) is -1.66. The van der Waals surface area contributed by atoms with Crippen LogP contribution >= 0.6 is 0 Å². The summed E-state index contributed by atoms with van der Waals surface area (Å²) < 4.78 is 0. The van der Waals surface area contributed by atoms with E-state index in [2.05, 4.69) is 10.6 Å². The van der Waals surface area contributed by atoms with Crippen LogP contribution in [0.1, 0.15) is 0 Å². The fraction of sp³-hybridized carbons (Fsp3) is 0.556. The molecule has 1 rings (SSSR count). The Morgan fingerprint density at radius 2 is 2.17 bits per heavy atom. The average Bonchev–Trinajstić information content (AvgIpc) is 2.28. The van der Waals surface area contributed by atoms with E-state index in [0.29, 0.717) is 0 Å². The molecule has 0 aromatic heterocycles. The van der Waals surface area contributed by atoms with Crippen molar-refractivity contribution in [2.24, 2.45) is 0 Å². The molecule has 0 aromatic rings. The molecular weight excluding hydrogens is 244 g/mol. The number of carbonyl (C=O) groups excluding carboxylic acids is 3. The first-order valence-corrected chi connectivity index (χ1v) is 5.19. The zero-order valence-electron chi connectivity index (χ0n) is 9.73. The summed E-state index contributed by atoms with van der Waals surface area (Å²) in [7, 11) is 1.34. The van der Waals surface area contributed by atoms with Gasteiger partial charge in [-0.05, 0) is 0 Å². The molecule has 9 heteroatoms. The predicted octanol–water partition coefficient (Wildman–Crippen LogP) is -2.67. The second-order valence-electron chi connectivity index (χ2n) is 3.69. The highest BCUT2D eigenvalue weighted by Crippen LogP contribution is 2.03. The lowest BCUT2D eigenvalue weighted by molar-refractivity contribution is -0.146. The van der Waals surface area contributed by atoms with Crippen molar-refractivity contribution >= 4 is 23.8 Å². The van der Waals surface area contributed by atoms with Gasteiger partial charge in [-0.15, -0.1) is 0 Å². The highest BCUT2D eigenvalue weighted by atomic mass is 16.4. The Balaban J connectivity index is 2.60. The minimum atomic E-state index is -1.14. The van der Waals surface area contributed by atoms with E-state index in [1.54, 1.807) is 0 Å². The SMILES string of the molecule is CNC(=O)NC(=O)CN1CC(=O)NCC1C(=O)O. The van der Waals surface area contributed by atoms with E-state index < -0.39 is 23.9 Å². The number of nitrogens with one attached hydrogen (secondary N) is 3. The molecule has 0 aromatic carbocycles. The first-order chi connectivity index (χ1) is 8.43. The predicted molar refractivity (Wildman–Crippen MR) is 58.6 cm³/mol. The molecular formula is C9H14N4O5. The molecule has 0 saturated carbocycles. The molecule has 18 heavy (non-hydrogen) atoms. The highest BCUT2D eigenvalue weighted by molar-refractivity contribution is 5.95. The lowest BCUT2D eigenvalue weighted by atomic mass is 10.2. The third-order valence-corrected chi connectivity index (χ3v) is 2.39. The van der Waals surface area contributed by atoms with Gasteiger partial charge in [-0.25, -0.2) is 4.79 Å². The summed E-state index contributed by atoms with van der Waals surface area (Å²) in [5.74, 6) is -2.17. The molecule has 1 atom stereocenters. The van der Waals surface area contributed by atoms with Crippen molar-refractivity contribution in [2.75, 3.05) is 26.7 Å². The lowest BCUT2D eigenvalue weighted by Gasteiger charge is -2.31. The summed E-state index contributed by atoms with van der Waals surface area (Å²) in [6.07, 6.45) is 0. The largest absolute Gasteiger partial charge is 0.480 e. The molecule has 4 amide bonds. The number of aliphatic carboxylic acids is 1. The Bertz CT molecular complexity index is 383. The quantitative estimate of drug-likeness (QED) is 0.437. The number of carboxylic acid groups (broad SMARTS) is 1. The van der Waals surface area contributed by atoms with E-state index in [0.717, 1.165) is 0 Å². The second kappa shape index (κ2) is 5.96. The molecule has 0 spiro atoms. The van der Waals surface area contributed by atoms with Crippen LogP contribution in [0.3, 0.4) is 0 Å². The van der Waals surface area contributed by atoms with Gasteiger partial charge in [-0.3, -0.25) is 24.6 Å². The van der Waals surface area contributed by atoms with Gasteiger partial charge in [0.05, 0.1) is 13.1 Å². The maximum atomic E-state index is 11.4. The molecule has 4 N–H and O–H groups in total. The molecule has 1 saturated heterocycles. The molecule has 0 bridgehead atoms. The number of hydrogen-bond donors (Lipinski definition) is 4. The Morgan fingerprint density at radius 3 is 2.72 bits per heavy atom. The molecule has 1 aliphatic rings. The normalized spacial score (nSPS) is 19.8. The number of imide groups is 1. The number of hydrogen-bond acceptors (Lipinski definition) is 5. The summed E-state index contributed by atoms with van der Waals surface area (Å²) in [6.45, 7) is -0.600. The van der Waals surface area contributed by atoms with Crippen LogP contribution in [-0.4, -0.2) is 66.5 Å². The Hall–Kier alpha value is -2.16. The maximum Gasteiger partial charge on any atom is 0.322 e. The average molecular weight is 258 g/mol. The first-order valence-electron chi connectivity index (χ1n) is 5.19. The molecule has 100 valence electrons. The van der Waals surface area contributed by atoms with Crippen molar-refractivity contribution in [3.05, 3.63) is 0 Å². The van der Waals surface area contributed by atoms with Crippen LogP contribution in [0.5, 0.6) is 0 Å². The van der Waals surface area contributed by atoms with E-state index in [9.17, 15) is 19.2 Å².